The fourth-order valence-corrected chi connectivity index (χ4v) is 8.54. The van der Waals surface area contributed by atoms with Gasteiger partial charge in [0.25, 0.3) is 0 Å². The van der Waals surface area contributed by atoms with Crippen molar-refractivity contribution in [1.82, 2.24) is 0 Å². The summed E-state index contributed by atoms with van der Waals surface area (Å²) in [5.41, 5.74) is 4.11. The van der Waals surface area contributed by atoms with Gasteiger partial charge in [-0.05, 0) is 74.7 Å². The Morgan fingerprint density at radius 2 is 1.18 bits per heavy atom. The van der Waals surface area contributed by atoms with Crippen molar-refractivity contribution < 1.29 is 0 Å². The van der Waals surface area contributed by atoms with E-state index in [4.69, 9.17) is 0 Å². The lowest BCUT2D eigenvalue weighted by Crippen LogP contribution is -1.84. The number of benzene rings is 1. The minimum absolute atomic E-state index is 1.36. The van der Waals surface area contributed by atoms with Gasteiger partial charge in [-0.25, -0.2) is 0 Å². The summed E-state index contributed by atoms with van der Waals surface area (Å²) in [6.45, 7) is 8.84. The molecule has 0 N–H and O–H groups in total. The maximum absolute atomic E-state index is 2.43. The standard InChI is InChI=1S/C24H20S4/c1-13-6-5-7-14(2)21(13)20-12-17-22(18-10-8-15(3)25-18)28-24(23(17)27-20)19-11-9-16(4)26-19/h5-12H,1-4H3. The maximum Gasteiger partial charge on any atom is 0.0628 e. The highest BCUT2D eigenvalue weighted by atomic mass is 32.1. The highest BCUT2D eigenvalue weighted by Gasteiger charge is 2.21. The topological polar surface area (TPSA) is 0 Å². The molecular formula is C24H20S4. The predicted molar refractivity (Wildman–Crippen MR) is 131 cm³/mol. The molecule has 0 saturated heterocycles. The molecule has 0 spiro atoms. The van der Waals surface area contributed by atoms with Gasteiger partial charge in [0.1, 0.15) is 0 Å². The first-order valence-corrected chi connectivity index (χ1v) is 12.5. The number of fused-ring (bicyclic) bond motifs is 1. The normalized spacial score (nSPS) is 11.6. The van der Waals surface area contributed by atoms with Crippen LogP contribution in [0.5, 0.6) is 0 Å². The zero-order chi connectivity index (χ0) is 19.4. The molecule has 0 fully saturated rings. The Bertz CT molecular complexity index is 1210. The monoisotopic (exact) mass is 436 g/mol. The Kier molecular flexibility index (Phi) is 4.55. The van der Waals surface area contributed by atoms with Crippen LogP contribution in [0.15, 0.2) is 48.5 Å². The van der Waals surface area contributed by atoms with Crippen LogP contribution >= 0.6 is 45.3 Å². The molecule has 0 amide bonds. The third-order valence-electron chi connectivity index (χ3n) is 5.04. The van der Waals surface area contributed by atoms with E-state index in [0.29, 0.717) is 0 Å². The smallest absolute Gasteiger partial charge is 0.0628 e. The zero-order valence-corrected chi connectivity index (χ0v) is 19.5. The van der Waals surface area contributed by atoms with E-state index in [1.54, 1.807) is 0 Å². The molecule has 28 heavy (non-hydrogen) atoms. The van der Waals surface area contributed by atoms with Crippen molar-refractivity contribution in [3.63, 3.8) is 0 Å². The molecule has 4 aromatic heterocycles. The highest BCUT2D eigenvalue weighted by Crippen LogP contribution is 2.52. The van der Waals surface area contributed by atoms with E-state index in [2.05, 4.69) is 76.2 Å². The van der Waals surface area contributed by atoms with Crippen LogP contribution in [-0.2, 0) is 0 Å². The Balaban J connectivity index is 1.80. The largest absolute Gasteiger partial charge is 0.140 e. The van der Waals surface area contributed by atoms with Crippen LogP contribution in [-0.4, -0.2) is 0 Å². The van der Waals surface area contributed by atoms with Gasteiger partial charge < -0.3 is 0 Å². The van der Waals surface area contributed by atoms with Gasteiger partial charge in [-0.3, -0.25) is 0 Å². The molecule has 0 bridgehead atoms. The summed E-state index contributed by atoms with van der Waals surface area (Å²) >= 11 is 7.71. The molecular weight excluding hydrogens is 417 g/mol. The van der Waals surface area contributed by atoms with Crippen LogP contribution in [0.4, 0.5) is 0 Å². The van der Waals surface area contributed by atoms with Crippen LogP contribution in [0.1, 0.15) is 20.9 Å². The highest BCUT2D eigenvalue weighted by molar-refractivity contribution is 7.33. The van der Waals surface area contributed by atoms with Crippen LogP contribution in [0.25, 0.3) is 40.0 Å². The Labute approximate surface area is 181 Å². The van der Waals surface area contributed by atoms with Gasteiger partial charge in [-0.15, -0.1) is 45.3 Å². The van der Waals surface area contributed by atoms with E-state index in [1.165, 1.54) is 60.9 Å². The number of hydrogen-bond donors (Lipinski definition) is 0. The Morgan fingerprint density at radius 3 is 1.75 bits per heavy atom. The van der Waals surface area contributed by atoms with Crippen molar-refractivity contribution in [2.45, 2.75) is 27.7 Å². The van der Waals surface area contributed by atoms with E-state index < -0.39 is 0 Å². The molecule has 4 heterocycles. The third-order valence-corrected chi connectivity index (χ3v) is 9.91. The van der Waals surface area contributed by atoms with Crippen molar-refractivity contribution in [1.29, 1.82) is 0 Å². The summed E-state index contributed by atoms with van der Waals surface area (Å²) in [7, 11) is 0. The lowest BCUT2D eigenvalue weighted by atomic mass is 10.0. The summed E-state index contributed by atoms with van der Waals surface area (Å²) in [6, 6.07) is 18.1. The zero-order valence-electron chi connectivity index (χ0n) is 16.3. The summed E-state index contributed by atoms with van der Waals surface area (Å²) in [4.78, 5) is 9.75. The van der Waals surface area contributed by atoms with Crippen molar-refractivity contribution >= 4 is 55.4 Å². The van der Waals surface area contributed by atoms with E-state index in [0.717, 1.165) is 0 Å². The van der Waals surface area contributed by atoms with Gasteiger partial charge in [0.15, 0.2) is 0 Å². The molecule has 0 saturated carbocycles. The predicted octanol–water partition coefficient (Wildman–Crippen LogP) is 9.32. The second-order valence-electron chi connectivity index (χ2n) is 7.20. The van der Waals surface area contributed by atoms with Crippen molar-refractivity contribution in [2.24, 2.45) is 0 Å². The Hall–Kier alpha value is -1.72. The number of hydrogen-bond acceptors (Lipinski definition) is 4. The summed E-state index contributed by atoms with van der Waals surface area (Å²) in [5.74, 6) is 0. The number of thiophene rings is 4. The number of aryl methyl sites for hydroxylation is 4. The van der Waals surface area contributed by atoms with E-state index in [9.17, 15) is 0 Å². The molecule has 4 heteroatoms. The minimum atomic E-state index is 1.36. The van der Waals surface area contributed by atoms with Gasteiger partial charge in [0, 0.05) is 29.8 Å². The van der Waals surface area contributed by atoms with Crippen molar-refractivity contribution in [2.75, 3.05) is 0 Å². The van der Waals surface area contributed by atoms with E-state index >= 15 is 0 Å². The first kappa shape index (κ1) is 18.3. The lowest BCUT2D eigenvalue weighted by Gasteiger charge is -2.07. The molecule has 0 aliphatic rings. The van der Waals surface area contributed by atoms with Gasteiger partial charge in [0.2, 0.25) is 0 Å². The average Bonchev–Trinajstić information content (AvgIpc) is 3.39. The van der Waals surface area contributed by atoms with Gasteiger partial charge in [0.05, 0.1) is 14.5 Å². The second-order valence-corrected chi connectivity index (χ2v) is 11.8. The SMILES string of the molecule is Cc1ccc(-c2sc(-c3ccc(C)s3)c3sc(-c4c(C)cccc4C)cc23)s1. The van der Waals surface area contributed by atoms with Crippen LogP contribution < -0.4 is 0 Å². The van der Waals surface area contributed by atoms with Crippen molar-refractivity contribution in [3.8, 4) is 29.9 Å². The number of rotatable bonds is 3. The molecule has 5 aromatic rings. The molecule has 0 atom stereocenters. The van der Waals surface area contributed by atoms with Crippen LogP contribution in [0, 0.1) is 27.7 Å². The first-order chi connectivity index (χ1) is 13.5. The molecule has 1 aromatic carbocycles. The van der Waals surface area contributed by atoms with Gasteiger partial charge >= 0.3 is 0 Å². The van der Waals surface area contributed by atoms with E-state index in [-0.39, 0.29) is 0 Å². The Morgan fingerprint density at radius 1 is 0.571 bits per heavy atom. The summed E-state index contributed by atoms with van der Waals surface area (Å²) < 4.78 is 1.44. The fourth-order valence-electron chi connectivity index (χ4n) is 3.72. The van der Waals surface area contributed by atoms with Crippen LogP contribution in [0.3, 0.4) is 0 Å². The molecule has 0 nitrogen and oxygen atoms in total. The quantitative estimate of drug-likeness (QED) is 0.264. The van der Waals surface area contributed by atoms with Gasteiger partial charge in [-0.1, -0.05) is 18.2 Å². The fraction of sp³-hybridized carbons (Fsp3) is 0.167. The maximum atomic E-state index is 2.43. The summed E-state index contributed by atoms with van der Waals surface area (Å²) in [5, 5.41) is 1.41. The van der Waals surface area contributed by atoms with E-state index in [1.807, 2.05) is 45.3 Å². The third kappa shape index (κ3) is 3.00. The van der Waals surface area contributed by atoms with Gasteiger partial charge in [-0.2, -0.15) is 0 Å². The van der Waals surface area contributed by atoms with Crippen LogP contribution in [0.2, 0.25) is 0 Å². The first-order valence-electron chi connectivity index (χ1n) is 9.28. The molecule has 0 aliphatic carbocycles. The molecule has 0 aliphatic heterocycles. The molecule has 140 valence electrons. The van der Waals surface area contributed by atoms with Crippen molar-refractivity contribution in [3.05, 3.63) is 69.4 Å². The second kappa shape index (κ2) is 6.96. The molecule has 0 radical (unpaired) electrons. The average molecular weight is 437 g/mol. The summed E-state index contributed by atoms with van der Waals surface area (Å²) in [6.07, 6.45) is 0. The lowest BCUT2D eigenvalue weighted by molar-refractivity contribution is 1.39. The minimum Gasteiger partial charge on any atom is -0.140 e. The molecule has 5 rings (SSSR count). The molecule has 0 unspecified atom stereocenters.